The predicted octanol–water partition coefficient (Wildman–Crippen LogP) is 4.20. The monoisotopic (exact) mass is 370 g/mol. The van der Waals surface area contributed by atoms with Gasteiger partial charge < -0.3 is 9.72 Å². The first-order valence-electron chi connectivity index (χ1n) is 9.39. The fourth-order valence-corrected chi connectivity index (χ4v) is 3.36. The van der Waals surface area contributed by atoms with Crippen molar-refractivity contribution in [3.8, 4) is 0 Å². The lowest BCUT2D eigenvalue weighted by Crippen LogP contribution is -2.13. The van der Waals surface area contributed by atoms with E-state index in [0.29, 0.717) is 12.8 Å². The molecular formula is C23H22N4O. The summed E-state index contributed by atoms with van der Waals surface area (Å²) in [5.41, 5.74) is 6.21. The van der Waals surface area contributed by atoms with Crippen molar-refractivity contribution in [1.82, 2.24) is 14.4 Å². The molecule has 140 valence electrons. The zero-order valence-corrected chi connectivity index (χ0v) is 15.8. The average Bonchev–Trinajstić information content (AvgIpc) is 3.04. The third-order valence-electron chi connectivity index (χ3n) is 4.81. The van der Waals surface area contributed by atoms with Crippen molar-refractivity contribution >= 4 is 17.2 Å². The van der Waals surface area contributed by atoms with Crippen molar-refractivity contribution in [2.75, 3.05) is 5.32 Å². The number of hydrogen-bond donors (Lipinski definition) is 1. The summed E-state index contributed by atoms with van der Waals surface area (Å²) in [7, 11) is 0. The van der Waals surface area contributed by atoms with E-state index in [9.17, 15) is 4.79 Å². The Morgan fingerprint density at radius 1 is 1.00 bits per heavy atom. The van der Waals surface area contributed by atoms with Gasteiger partial charge in [0.05, 0.1) is 5.69 Å². The Hall–Kier alpha value is -3.47. The molecule has 0 aliphatic heterocycles. The highest BCUT2D eigenvalue weighted by Gasteiger charge is 2.10. The van der Waals surface area contributed by atoms with Gasteiger partial charge in [0.1, 0.15) is 5.65 Å². The molecule has 3 heterocycles. The fourth-order valence-electron chi connectivity index (χ4n) is 3.36. The van der Waals surface area contributed by atoms with E-state index in [1.54, 1.807) is 12.4 Å². The molecule has 1 amide bonds. The van der Waals surface area contributed by atoms with Gasteiger partial charge in [-0.3, -0.25) is 9.78 Å². The van der Waals surface area contributed by atoms with Gasteiger partial charge in [-0.1, -0.05) is 18.2 Å². The first kappa shape index (κ1) is 17.9. The number of rotatable bonds is 6. The molecular weight excluding hydrogens is 348 g/mol. The van der Waals surface area contributed by atoms with Crippen LogP contribution in [0.15, 0.2) is 73.2 Å². The van der Waals surface area contributed by atoms with Crippen molar-refractivity contribution in [2.45, 2.75) is 26.2 Å². The summed E-state index contributed by atoms with van der Waals surface area (Å²) in [6, 6.07) is 17.9. The van der Waals surface area contributed by atoms with E-state index in [4.69, 9.17) is 0 Å². The number of aryl methyl sites for hydroxylation is 2. The van der Waals surface area contributed by atoms with Crippen LogP contribution in [0.4, 0.5) is 5.69 Å². The highest BCUT2D eigenvalue weighted by Crippen LogP contribution is 2.16. The zero-order chi connectivity index (χ0) is 19.3. The van der Waals surface area contributed by atoms with Gasteiger partial charge in [0.2, 0.25) is 5.91 Å². The molecule has 28 heavy (non-hydrogen) atoms. The van der Waals surface area contributed by atoms with Crippen LogP contribution in [0.25, 0.3) is 5.65 Å². The number of aromatic nitrogens is 3. The molecule has 1 N–H and O–H groups in total. The third kappa shape index (κ3) is 4.09. The van der Waals surface area contributed by atoms with E-state index < -0.39 is 0 Å². The lowest BCUT2D eigenvalue weighted by Gasteiger charge is -2.07. The fraction of sp³-hybridized carbons (Fsp3) is 0.174. The summed E-state index contributed by atoms with van der Waals surface area (Å²) in [5.74, 6) is 0.00663. The van der Waals surface area contributed by atoms with Crippen molar-refractivity contribution < 1.29 is 4.79 Å². The predicted molar refractivity (Wildman–Crippen MR) is 110 cm³/mol. The van der Waals surface area contributed by atoms with Crippen LogP contribution in [0.3, 0.4) is 0 Å². The quantitative estimate of drug-likeness (QED) is 0.553. The van der Waals surface area contributed by atoms with Crippen molar-refractivity contribution in [2.24, 2.45) is 0 Å². The molecule has 3 aromatic heterocycles. The Labute approximate surface area is 164 Å². The molecule has 5 nitrogen and oxygen atoms in total. The highest BCUT2D eigenvalue weighted by atomic mass is 16.1. The van der Waals surface area contributed by atoms with Crippen molar-refractivity contribution in [1.29, 1.82) is 0 Å². The van der Waals surface area contributed by atoms with E-state index >= 15 is 0 Å². The number of nitrogens with one attached hydrogen (secondary N) is 1. The van der Waals surface area contributed by atoms with E-state index in [1.807, 2.05) is 67.7 Å². The second-order valence-electron chi connectivity index (χ2n) is 6.85. The lowest BCUT2D eigenvalue weighted by atomic mass is 10.1. The van der Waals surface area contributed by atoms with E-state index in [1.165, 1.54) is 11.1 Å². The van der Waals surface area contributed by atoms with Crippen LogP contribution < -0.4 is 5.32 Å². The van der Waals surface area contributed by atoms with E-state index in [2.05, 4.69) is 19.7 Å². The van der Waals surface area contributed by atoms with Crippen LogP contribution in [0.2, 0.25) is 0 Å². The summed E-state index contributed by atoms with van der Waals surface area (Å²) in [6.45, 7) is 1.99. The summed E-state index contributed by atoms with van der Waals surface area (Å²) in [4.78, 5) is 21.0. The minimum absolute atomic E-state index is 0.00663. The van der Waals surface area contributed by atoms with Gasteiger partial charge in [0, 0.05) is 36.4 Å². The van der Waals surface area contributed by atoms with Gasteiger partial charge in [-0.05, 0) is 67.3 Å². The van der Waals surface area contributed by atoms with Gasteiger partial charge in [-0.15, -0.1) is 0 Å². The first-order valence-corrected chi connectivity index (χ1v) is 9.39. The van der Waals surface area contributed by atoms with Crippen LogP contribution in [-0.4, -0.2) is 20.3 Å². The second kappa shape index (κ2) is 8.05. The number of amides is 1. The second-order valence-corrected chi connectivity index (χ2v) is 6.85. The van der Waals surface area contributed by atoms with Gasteiger partial charge in [-0.25, -0.2) is 4.98 Å². The first-order chi connectivity index (χ1) is 13.7. The molecule has 0 aliphatic rings. The number of nitrogens with zero attached hydrogens (tertiary/aromatic N) is 3. The van der Waals surface area contributed by atoms with Gasteiger partial charge in [0.15, 0.2) is 0 Å². The Morgan fingerprint density at radius 2 is 1.75 bits per heavy atom. The van der Waals surface area contributed by atoms with Crippen molar-refractivity contribution in [3.05, 3.63) is 95.7 Å². The molecule has 0 radical (unpaired) electrons. The smallest absolute Gasteiger partial charge is 0.224 e. The summed E-state index contributed by atoms with van der Waals surface area (Å²) in [5, 5.41) is 2.98. The number of carbonyl (C=O) groups excluding carboxylic acids is 1. The van der Waals surface area contributed by atoms with Crippen LogP contribution in [-0.2, 0) is 17.6 Å². The zero-order valence-electron chi connectivity index (χ0n) is 15.8. The Balaban J connectivity index is 1.35. The van der Waals surface area contributed by atoms with Gasteiger partial charge in [-0.2, -0.15) is 0 Å². The molecule has 0 fully saturated rings. The Kier molecular flexibility index (Phi) is 5.15. The number of imidazole rings is 1. The molecule has 0 bridgehead atoms. The molecule has 0 aliphatic carbocycles. The Bertz CT molecular complexity index is 1080. The molecule has 4 rings (SSSR count). The van der Waals surface area contributed by atoms with Crippen LogP contribution >= 0.6 is 0 Å². The maximum absolute atomic E-state index is 12.4. The molecule has 0 saturated carbocycles. The minimum atomic E-state index is 0.00663. The molecule has 1 aromatic carbocycles. The average molecular weight is 370 g/mol. The topological polar surface area (TPSA) is 59.3 Å². The van der Waals surface area contributed by atoms with Gasteiger partial charge >= 0.3 is 0 Å². The third-order valence-corrected chi connectivity index (χ3v) is 4.81. The molecule has 0 spiro atoms. The molecule has 0 atom stereocenters. The number of fused-ring (bicyclic) bond motifs is 1. The summed E-state index contributed by atoms with van der Waals surface area (Å²) < 4.78 is 2.05. The number of carbonyl (C=O) groups is 1. The summed E-state index contributed by atoms with van der Waals surface area (Å²) in [6.07, 6.45) is 7.52. The van der Waals surface area contributed by atoms with Crippen LogP contribution in [0.1, 0.15) is 28.9 Å². The number of anilines is 1. The number of hydrogen-bond acceptors (Lipinski definition) is 3. The number of pyridine rings is 2. The standard InChI is InChI=1S/C23H22N4O/c1-17-21(27-15-3-2-4-22(27)25-17)9-10-23(28)26-20-7-5-18(6-8-20)16-19-11-13-24-14-12-19/h2-8,11-15H,9-10,16H2,1H3,(H,26,28). The van der Waals surface area contributed by atoms with E-state index in [0.717, 1.165) is 29.1 Å². The van der Waals surface area contributed by atoms with Crippen LogP contribution in [0.5, 0.6) is 0 Å². The normalized spacial score (nSPS) is 10.9. The molecule has 5 heteroatoms. The van der Waals surface area contributed by atoms with Gasteiger partial charge in [0.25, 0.3) is 0 Å². The molecule has 0 saturated heterocycles. The lowest BCUT2D eigenvalue weighted by molar-refractivity contribution is -0.116. The minimum Gasteiger partial charge on any atom is -0.326 e. The Morgan fingerprint density at radius 3 is 2.54 bits per heavy atom. The van der Waals surface area contributed by atoms with Crippen molar-refractivity contribution in [3.63, 3.8) is 0 Å². The maximum Gasteiger partial charge on any atom is 0.224 e. The highest BCUT2D eigenvalue weighted by molar-refractivity contribution is 5.90. The maximum atomic E-state index is 12.4. The molecule has 0 unspecified atom stereocenters. The summed E-state index contributed by atoms with van der Waals surface area (Å²) >= 11 is 0. The SMILES string of the molecule is Cc1nc2ccccn2c1CCC(=O)Nc1ccc(Cc2ccncc2)cc1. The molecule has 4 aromatic rings. The van der Waals surface area contributed by atoms with Crippen LogP contribution in [0, 0.1) is 6.92 Å². The number of benzene rings is 1. The largest absolute Gasteiger partial charge is 0.326 e. The van der Waals surface area contributed by atoms with E-state index in [-0.39, 0.29) is 5.91 Å².